The first-order chi connectivity index (χ1) is 8.28. The van der Waals surface area contributed by atoms with Crippen LogP contribution in [0, 0.1) is 0 Å². The molecule has 90 valence electrons. The minimum atomic E-state index is -0.416. The van der Waals surface area contributed by atoms with Crippen molar-refractivity contribution >= 4 is 11.3 Å². The number of hydrogen-bond acceptors (Lipinski definition) is 5. The maximum atomic E-state index is 6.34. The number of nitrogens with zero attached hydrogens (tertiary/aromatic N) is 2. The molecule has 17 heavy (non-hydrogen) atoms. The third-order valence-corrected chi connectivity index (χ3v) is 3.95. The second-order valence-electron chi connectivity index (χ2n) is 4.25. The number of nitrogens with two attached hydrogens (primary N) is 1. The zero-order valence-electron chi connectivity index (χ0n) is 9.35. The Morgan fingerprint density at radius 3 is 2.94 bits per heavy atom. The highest BCUT2D eigenvalue weighted by molar-refractivity contribution is 7.13. The van der Waals surface area contributed by atoms with Gasteiger partial charge in [0.2, 0.25) is 0 Å². The number of ether oxygens (including phenoxy) is 1. The molecule has 3 N–H and O–H groups in total. The van der Waals surface area contributed by atoms with Gasteiger partial charge in [-0.15, -0.1) is 11.3 Å². The summed E-state index contributed by atoms with van der Waals surface area (Å²) in [7, 11) is 0. The third kappa shape index (κ3) is 1.99. The molecule has 0 saturated carbocycles. The summed E-state index contributed by atoms with van der Waals surface area (Å²) >= 11 is 1.62. The average molecular weight is 250 g/mol. The topological polar surface area (TPSA) is 76.8 Å². The molecule has 0 aliphatic carbocycles. The van der Waals surface area contributed by atoms with Gasteiger partial charge in [-0.25, -0.2) is 4.98 Å². The fourth-order valence-electron chi connectivity index (χ4n) is 1.97. The summed E-state index contributed by atoms with van der Waals surface area (Å²) in [5.74, 6) is 1.50. The van der Waals surface area contributed by atoms with Crippen molar-refractivity contribution < 1.29 is 4.74 Å². The van der Waals surface area contributed by atoms with Gasteiger partial charge in [0, 0.05) is 13.2 Å². The lowest BCUT2D eigenvalue weighted by Gasteiger charge is -2.30. The lowest BCUT2D eigenvalue weighted by molar-refractivity contribution is 0.0493. The second-order valence-corrected chi connectivity index (χ2v) is 5.20. The maximum Gasteiger partial charge on any atom is 0.191 e. The molecular weight excluding hydrogens is 236 g/mol. The van der Waals surface area contributed by atoms with Crippen LogP contribution >= 0.6 is 11.3 Å². The molecule has 2 aromatic rings. The molecule has 1 aliphatic heterocycles. The Labute approximate surface area is 103 Å². The van der Waals surface area contributed by atoms with Gasteiger partial charge >= 0.3 is 0 Å². The summed E-state index contributed by atoms with van der Waals surface area (Å²) in [6.45, 7) is 1.37. The second kappa shape index (κ2) is 4.21. The molecule has 3 rings (SSSR count). The molecule has 3 heterocycles. The van der Waals surface area contributed by atoms with E-state index < -0.39 is 5.54 Å². The van der Waals surface area contributed by atoms with Gasteiger partial charge in [0.15, 0.2) is 5.82 Å². The van der Waals surface area contributed by atoms with E-state index >= 15 is 0 Å². The first-order valence-electron chi connectivity index (χ1n) is 5.61. The van der Waals surface area contributed by atoms with Crippen molar-refractivity contribution in [3.05, 3.63) is 23.3 Å². The van der Waals surface area contributed by atoms with Crippen molar-refractivity contribution in [2.75, 3.05) is 13.2 Å². The van der Waals surface area contributed by atoms with E-state index in [1.54, 1.807) is 11.3 Å². The molecule has 0 unspecified atom stereocenters. The Balaban J connectivity index is 1.89. The number of aromatic amines is 1. The number of thiophene rings is 1. The lowest BCUT2D eigenvalue weighted by atomic mass is 9.91. The molecule has 0 spiro atoms. The van der Waals surface area contributed by atoms with Crippen LogP contribution in [0.25, 0.3) is 10.7 Å². The summed E-state index contributed by atoms with van der Waals surface area (Å²) < 4.78 is 5.33. The van der Waals surface area contributed by atoms with Gasteiger partial charge in [-0.1, -0.05) is 6.07 Å². The summed E-state index contributed by atoms with van der Waals surface area (Å²) in [5.41, 5.74) is 5.92. The minimum Gasteiger partial charge on any atom is -0.381 e. The Morgan fingerprint density at radius 1 is 1.41 bits per heavy atom. The van der Waals surface area contributed by atoms with Gasteiger partial charge in [0.1, 0.15) is 5.82 Å². The van der Waals surface area contributed by atoms with E-state index in [0.29, 0.717) is 13.2 Å². The molecule has 0 radical (unpaired) electrons. The predicted molar refractivity (Wildman–Crippen MR) is 65.6 cm³/mol. The zero-order valence-corrected chi connectivity index (χ0v) is 10.2. The van der Waals surface area contributed by atoms with E-state index in [0.717, 1.165) is 29.4 Å². The van der Waals surface area contributed by atoms with Gasteiger partial charge in [0.05, 0.1) is 10.4 Å². The van der Waals surface area contributed by atoms with Crippen LogP contribution in [-0.4, -0.2) is 28.4 Å². The molecule has 2 aromatic heterocycles. The fourth-order valence-corrected chi connectivity index (χ4v) is 2.63. The van der Waals surface area contributed by atoms with E-state index in [-0.39, 0.29) is 0 Å². The van der Waals surface area contributed by atoms with Crippen molar-refractivity contribution in [3.63, 3.8) is 0 Å². The Bertz CT molecular complexity index is 487. The highest BCUT2D eigenvalue weighted by Crippen LogP contribution is 2.28. The molecule has 1 saturated heterocycles. The number of nitrogens with one attached hydrogen (secondary N) is 1. The Hall–Kier alpha value is -1.24. The molecule has 6 heteroatoms. The minimum absolute atomic E-state index is 0.416. The Morgan fingerprint density at radius 2 is 2.24 bits per heavy atom. The van der Waals surface area contributed by atoms with Gasteiger partial charge in [0.25, 0.3) is 0 Å². The highest BCUT2D eigenvalue weighted by Gasteiger charge is 2.33. The van der Waals surface area contributed by atoms with Gasteiger partial charge in [-0.3, -0.25) is 5.10 Å². The van der Waals surface area contributed by atoms with E-state index in [4.69, 9.17) is 10.5 Å². The summed E-state index contributed by atoms with van der Waals surface area (Å²) in [6, 6.07) is 3.99. The van der Waals surface area contributed by atoms with E-state index in [1.807, 2.05) is 17.5 Å². The SMILES string of the molecule is NC1(c2nc(-c3cccs3)n[nH]2)CCOCC1. The molecule has 0 bridgehead atoms. The molecular formula is C11H14N4OS. The van der Waals surface area contributed by atoms with E-state index in [1.165, 1.54) is 0 Å². The van der Waals surface area contributed by atoms with Gasteiger partial charge < -0.3 is 10.5 Å². The number of hydrogen-bond donors (Lipinski definition) is 2. The molecule has 0 atom stereocenters. The molecule has 1 fully saturated rings. The van der Waals surface area contributed by atoms with Crippen LogP contribution in [-0.2, 0) is 10.3 Å². The third-order valence-electron chi connectivity index (χ3n) is 3.08. The molecule has 1 aliphatic rings. The Kier molecular flexibility index (Phi) is 2.70. The lowest BCUT2D eigenvalue weighted by Crippen LogP contribution is -2.43. The first kappa shape index (κ1) is 10.9. The van der Waals surface area contributed by atoms with Crippen molar-refractivity contribution in [1.82, 2.24) is 15.2 Å². The molecule has 5 nitrogen and oxygen atoms in total. The van der Waals surface area contributed by atoms with Crippen LogP contribution in [0.2, 0.25) is 0 Å². The fraction of sp³-hybridized carbons (Fsp3) is 0.455. The summed E-state index contributed by atoms with van der Waals surface area (Å²) in [4.78, 5) is 5.57. The maximum absolute atomic E-state index is 6.34. The normalized spacial score (nSPS) is 19.4. The van der Waals surface area contributed by atoms with Crippen molar-refractivity contribution in [1.29, 1.82) is 0 Å². The van der Waals surface area contributed by atoms with Crippen molar-refractivity contribution in [3.8, 4) is 10.7 Å². The van der Waals surface area contributed by atoms with Gasteiger partial charge in [-0.2, -0.15) is 5.10 Å². The predicted octanol–water partition coefficient (Wildman–Crippen LogP) is 1.50. The largest absolute Gasteiger partial charge is 0.381 e. The van der Waals surface area contributed by atoms with Crippen LogP contribution in [0.4, 0.5) is 0 Å². The molecule has 0 amide bonds. The number of H-pyrrole nitrogens is 1. The summed E-state index contributed by atoms with van der Waals surface area (Å²) in [5, 5.41) is 9.21. The average Bonchev–Trinajstić information content (AvgIpc) is 3.01. The van der Waals surface area contributed by atoms with E-state index in [2.05, 4.69) is 15.2 Å². The standard InChI is InChI=1S/C11H14N4OS/c12-11(3-5-16-6-4-11)10-13-9(14-15-10)8-2-1-7-17-8/h1-2,7H,3-6,12H2,(H,13,14,15). The zero-order chi connectivity index (χ0) is 11.7. The van der Waals surface area contributed by atoms with Crippen LogP contribution in [0.5, 0.6) is 0 Å². The van der Waals surface area contributed by atoms with Crippen molar-refractivity contribution in [2.24, 2.45) is 5.73 Å². The quantitative estimate of drug-likeness (QED) is 0.846. The first-order valence-corrected chi connectivity index (χ1v) is 6.49. The van der Waals surface area contributed by atoms with E-state index in [9.17, 15) is 0 Å². The van der Waals surface area contributed by atoms with Crippen LogP contribution in [0.1, 0.15) is 18.7 Å². The number of rotatable bonds is 2. The van der Waals surface area contributed by atoms with Crippen LogP contribution < -0.4 is 5.73 Å². The number of aromatic nitrogens is 3. The monoisotopic (exact) mass is 250 g/mol. The highest BCUT2D eigenvalue weighted by atomic mass is 32.1. The molecule has 0 aromatic carbocycles. The summed E-state index contributed by atoms with van der Waals surface area (Å²) in [6.07, 6.45) is 1.57. The van der Waals surface area contributed by atoms with Crippen LogP contribution in [0.15, 0.2) is 17.5 Å². The van der Waals surface area contributed by atoms with Crippen LogP contribution in [0.3, 0.4) is 0 Å². The smallest absolute Gasteiger partial charge is 0.191 e. The van der Waals surface area contributed by atoms with Gasteiger partial charge in [-0.05, 0) is 24.3 Å². The van der Waals surface area contributed by atoms with Crippen molar-refractivity contribution in [2.45, 2.75) is 18.4 Å².